The van der Waals surface area contributed by atoms with E-state index < -0.39 is 32.7 Å². The van der Waals surface area contributed by atoms with E-state index in [1.807, 2.05) is 0 Å². The maximum Gasteiger partial charge on any atom is 0.343 e. The van der Waals surface area contributed by atoms with Crippen LogP contribution in [0.1, 0.15) is 11.8 Å². The minimum atomic E-state index is -4.05. The van der Waals surface area contributed by atoms with Gasteiger partial charge in [0.15, 0.2) is 6.33 Å². The average molecular weight is 250 g/mol. The molecule has 1 rings (SSSR count). The molecule has 0 aliphatic heterocycles. The van der Waals surface area contributed by atoms with Gasteiger partial charge in [0, 0.05) is 13.0 Å². The third-order valence-electron chi connectivity index (χ3n) is 1.90. The van der Waals surface area contributed by atoms with E-state index in [-0.39, 0.29) is 6.42 Å². The van der Waals surface area contributed by atoms with Crippen molar-refractivity contribution in [3.05, 3.63) is 22.6 Å². The zero-order chi connectivity index (χ0) is 12.3. The van der Waals surface area contributed by atoms with E-state index in [9.17, 15) is 18.5 Å². The van der Waals surface area contributed by atoms with Gasteiger partial charge in [-0.25, -0.2) is 18.5 Å². The lowest BCUT2D eigenvalue weighted by atomic mass is 10.4. The van der Waals surface area contributed by atoms with Gasteiger partial charge < -0.3 is 15.2 Å². The number of aromatic nitrogens is 2. The van der Waals surface area contributed by atoms with Crippen molar-refractivity contribution in [1.82, 2.24) is 9.55 Å². The zero-order valence-corrected chi connectivity index (χ0v) is 8.87. The number of primary sulfonamides is 1. The molecule has 0 radical (unpaired) electrons. The normalized spacial score (nSPS) is 13.6. The van der Waals surface area contributed by atoms with Gasteiger partial charge in [-0.2, -0.15) is 4.57 Å². The maximum absolute atomic E-state index is 11.2. The van der Waals surface area contributed by atoms with Crippen molar-refractivity contribution in [3.63, 3.8) is 0 Å². The lowest BCUT2D eigenvalue weighted by molar-refractivity contribution is -0.392. The van der Waals surface area contributed by atoms with E-state index in [0.29, 0.717) is 0 Å². The number of nitrogens with two attached hydrogens (primary N) is 1. The van der Waals surface area contributed by atoms with Crippen molar-refractivity contribution in [2.75, 3.05) is 6.61 Å². The van der Waals surface area contributed by atoms with Crippen molar-refractivity contribution < 1.29 is 18.4 Å². The Hall–Kier alpha value is -1.52. The van der Waals surface area contributed by atoms with E-state index in [0.717, 1.165) is 17.1 Å². The smallest absolute Gasteiger partial charge is 0.343 e. The summed E-state index contributed by atoms with van der Waals surface area (Å²) in [6.45, 7) is -0.462. The maximum atomic E-state index is 11.2. The van der Waals surface area contributed by atoms with Crippen LogP contribution in [0.5, 0.6) is 0 Å². The van der Waals surface area contributed by atoms with Crippen molar-refractivity contribution in [1.29, 1.82) is 0 Å². The van der Waals surface area contributed by atoms with Crippen LogP contribution in [0, 0.1) is 10.1 Å². The number of sulfonamides is 1. The number of hydrogen-bond acceptors (Lipinski definition) is 6. The number of aliphatic hydroxyl groups is 1. The molecule has 0 saturated carbocycles. The van der Waals surface area contributed by atoms with Crippen molar-refractivity contribution in [2.45, 2.75) is 11.8 Å². The number of imidazole rings is 1. The Morgan fingerprint density at radius 2 is 2.31 bits per heavy atom. The Morgan fingerprint density at radius 3 is 2.75 bits per heavy atom. The Balaban J connectivity index is 3.22. The Morgan fingerprint density at radius 1 is 1.69 bits per heavy atom. The van der Waals surface area contributed by atoms with Crippen LogP contribution < -0.4 is 5.14 Å². The summed E-state index contributed by atoms with van der Waals surface area (Å²) in [7, 11) is -4.05. The number of hydrogen-bond donors (Lipinski definition) is 2. The van der Waals surface area contributed by atoms with Crippen LogP contribution in [-0.4, -0.2) is 34.6 Å². The molecule has 0 spiro atoms. The van der Waals surface area contributed by atoms with Crippen molar-refractivity contribution in [2.24, 2.45) is 5.14 Å². The van der Waals surface area contributed by atoms with Crippen LogP contribution in [-0.2, 0) is 10.0 Å². The first-order chi connectivity index (χ1) is 7.38. The fourth-order valence-corrected chi connectivity index (χ4v) is 2.15. The second-order valence-electron chi connectivity index (χ2n) is 2.97. The highest BCUT2D eigenvalue weighted by atomic mass is 32.2. The summed E-state index contributed by atoms with van der Waals surface area (Å²) < 4.78 is 23.2. The highest BCUT2D eigenvalue weighted by Crippen LogP contribution is 2.22. The van der Waals surface area contributed by atoms with Gasteiger partial charge in [-0.05, 0) is 4.92 Å². The van der Waals surface area contributed by atoms with Gasteiger partial charge in [0.2, 0.25) is 5.37 Å². The zero-order valence-electron chi connectivity index (χ0n) is 8.05. The lowest BCUT2D eigenvalue weighted by Crippen LogP contribution is -2.27. The Kier molecular flexibility index (Phi) is 3.57. The van der Waals surface area contributed by atoms with Crippen LogP contribution in [0.2, 0.25) is 0 Å². The quantitative estimate of drug-likeness (QED) is 0.505. The van der Waals surface area contributed by atoms with Gasteiger partial charge in [-0.3, -0.25) is 0 Å². The minimum Gasteiger partial charge on any atom is -0.396 e. The van der Waals surface area contributed by atoms with Gasteiger partial charge in [0.25, 0.3) is 10.0 Å². The third kappa shape index (κ3) is 2.53. The first-order valence-electron chi connectivity index (χ1n) is 4.16. The second kappa shape index (κ2) is 4.55. The molecule has 0 fully saturated rings. The molecule has 0 bridgehead atoms. The average Bonchev–Trinajstić information content (AvgIpc) is 2.60. The molecule has 1 aromatic heterocycles. The lowest BCUT2D eigenvalue weighted by Gasteiger charge is -2.11. The topological polar surface area (TPSA) is 141 Å². The number of nitro groups is 1. The molecule has 9 nitrogen and oxygen atoms in total. The molecule has 1 aromatic rings. The first-order valence-corrected chi connectivity index (χ1v) is 5.77. The molecule has 1 unspecified atom stereocenters. The summed E-state index contributed by atoms with van der Waals surface area (Å²) in [4.78, 5) is 13.3. The van der Waals surface area contributed by atoms with E-state index in [1.54, 1.807) is 0 Å². The highest BCUT2D eigenvalue weighted by Gasteiger charge is 2.31. The van der Waals surface area contributed by atoms with Crippen LogP contribution in [0.4, 0.5) is 5.82 Å². The van der Waals surface area contributed by atoms with Gasteiger partial charge in [-0.15, -0.1) is 0 Å². The van der Waals surface area contributed by atoms with Gasteiger partial charge >= 0.3 is 5.82 Å². The molecular formula is C6H10N4O5S. The highest BCUT2D eigenvalue weighted by molar-refractivity contribution is 7.89. The summed E-state index contributed by atoms with van der Waals surface area (Å²) in [5.41, 5.74) is 0. The summed E-state index contributed by atoms with van der Waals surface area (Å²) >= 11 is 0. The van der Waals surface area contributed by atoms with E-state index in [2.05, 4.69) is 4.98 Å². The van der Waals surface area contributed by atoms with Gasteiger partial charge in [0.1, 0.15) is 6.20 Å². The predicted octanol–water partition coefficient (Wildman–Crippen LogP) is -1.04. The number of rotatable bonds is 5. The number of aliphatic hydroxyl groups excluding tert-OH is 1. The first kappa shape index (κ1) is 12.5. The van der Waals surface area contributed by atoms with Gasteiger partial charge in [0.05, 0.1) is 0 Å². The van der Waals surface area contributed by atoms with Crippen LogP contribution >= 0.6 is 0 Å². The van der Waals surface area contributed by atoms with Crippen LogP contribution in [0.15, 0.2) is 12.5 Å². The van der Waals surface area contributed by atoms with E-state index in [4.69, 9.17) is 10.2 Å². The molecule has 0 aliphatic carbocycles. The van der Waals surface area contributed by atoms with Crippen LogP contribution in [0.25, 0.3) is 0 Å². The molecule has 10 heteroatoms. The van der Waals surface area contributed by atoms with Crippen molar-refractivity contribution in [3.8, 4) is 0 Å². The SMILES string of the molecule is NS(=O)(=O)C(CCO)n1cncc1[N+](=O)[O-]. The molecule has 1 heterocycles. The summed E-state index contributed by atoms with van der Waals surface area (Å²) in [5, 5.41) is 22.8. The molecule has 0 aromatic carbocycles. The van der Waals surface area contributed by atoms with Crippen LogP contribution in [0.3, 0.4) is 0 Å². The van der Waals surface area contributed by atoms with Gasteiger partial charge in [-0.1, -0.05) is 0 Å². The fourth-order valence-electron chi connectivity index (χ4n) is 1.23. The van der Waals surface area contributed by atoms with Crippen molar-refractivity contribution >= 4 is 15.8 Å². The molecule has 0 aliphatic rings. The van der Waals surface area contributed by atoms with E-state index >= 15 is 0 Å². The Labute approximate surface area is 90.7 Å². The molecule has 3 N–H and O–H groups in total. The molecule has 16 heavy (non-hydrogen) atoms. The Bertz CT molecular complexity index is 481. The molecule has 90 valence electrons. The molecular weight excluding hydrogens is 240 g/mol. The molecule has 0 amide bonds. The monoisotopic (exact) mass is 250 g/mol. The molecule has 1 atom stereocenters. The van der Waals surface area contributed by atoms with E-state index in [1.165, 1.54) is 0 Å². The standard InChI is InChI=1S/C6H10N4O5S/c7-16(14,15)6(1-2-11)9-4-8-3-5(9)10(12)13/h3-4,6,11H,1-2H2,(H2,7,14,15). The summed E-state index contributed by atoms with van der Waals surface area (Å²) in [5.74, 6) is -0.493. The minimum absolute atomic E-state index is 0.240. The number of nitrogens with zero attached hydrogens (tertiary/aromatic N) is 3. The fraction of sp³-hybridized carbons (Fsp3) is 0.500. The summed E-state index contributed by atoms with van der Waals surface area (Å²) in [6, 6.07) is 0. The molecule has 0 saturated heterocycles. The summed E-state index contributed by atoms with van der Waals surface area (Å²) in [6.07, 6.45) is 1.66. The predicted molar refractivity (Wildman–Crippen MR) is 52.7 cm³/mol. The second-order valence-corrected chi connectivity index (χ2v) is 4.69. The third-order valence-corrected chi connectivity index (χ3v) is 3.12. The largest absolute Gasteiger partial charge is 0.396 e.